The van der Waals surface area contributed by atoms with E-state index in [0.717, 1.165) is 18.4 Å². The van der Waals surface area contributed by atoms with E-state index in [2.05, 4.69) is 26.1 Å². The molecule has 1 unspecified atom stereocenters. The number of hydrogen-bond acceptors (Lipinski definition) is 3. The number of nitrogens with two attached hydrogens (primary N) is 1. The van der Waals surface area contributed by atoms with Gasteiger partial charge in [0.25, 0.3) is 0 Å². The number of carbonyl (C=O) groups is 1. The van der Waals surface area contributed by atoms with Crippen molar-refractivity contribution < 1.29 is 9.90 Å². The molecule has 0 saturated heterocycles. The second-order valence-corrected chi connectivity index (χ2v) is 6.40. The lowest BCUT2D eigenvalue weighted by Gasteiger charge is -2.24. The van der Waals surface area contributed by atoms with E-state index in [1.165, 1.54) is 0 Å². The molecule has 0 fully saturated rings. The molecular weight excluding hydrogens is 252 g/mol. The van der Waals surface area contributed by atoms with Crippen LogP contribution in [0.4, 0.5) is 0 Å². The lowest BCUT2D eigenvalue weighted by Crippen LogP contribution is -2.38. The zero-order chi connectivity index (χ0) is 15.2. The second-order valence-electron chi connectivity index (χ2n) is 6.40. The van der Waals surface area contributed by atoms with E-state index in [0.29, 0.717) is 13.1 Å². The molecule has 4 heteroatoms. The van der Waals surface area contributed by atoms with Crippen LogP contribution in [0.1, 0.15) is 32.8 Å². The Balaban J connectivity index is 2.40. The molecule has 1 rings (SSSR count). The normalized spacial score (nSPS) is 13.0. The van der Waals surface area contributed by atoms with Crippen LogP contribution in [0.2, 0.25) is 0 Å². The fourth-order valence-corrected chi connectivity index (χ4v) is 2.16. The first-order valence-corrected chi connectivity index (χ1v) is 7.07. The first kappa shape index (κ1) is 16.5. The van der Waals surface area contributed by atoms with Gasteiger partial charge in [-0.1, -0.05) is 32.9 Å². The highest BCUT2D eigenvalue weighted by atomic mass is 16.3. The highest BCUT2D eigenvalue weighted by Gasteiger charge is 2.23. The summed E-state index contributed by atoms with van der Waals surface area (Å²) in [6.45, 7) is 7.30. The van der Waals surface area contributed by atoms with Crippen LogP contribution in [0.3, 0.4) is 0 Å². The summed E-state index contributed by atoms with van der Waals surface area (Å²) in [6.07, 6.45) is 1.54. The smallest absolute Gasteiger partial charge is 0.224 e. The van der Waals surface area contributed by atoms with Gasteiger partial charge in [0.2, 0.25) is 5.91 Å². The number of amides is 1. The molecule has 0 aromatic heterocycles. The van der Waals surface area contributed by atoms with Crippen LogP contribution in [-0.2, 0) is 11.2 Å². The first-order chi connectivity index (χ1) is 9.31. The van der Waals surface area contributed by atoms with Crippen molar-refractivity contribution in [1.29, 1.82) is 0 Å². The van der Waals surface area contributed by atoms with Crippen LogP contribution in [0.25, 0.3) is 0 Å². The fourth-order valence-electron chi connectivity index (χ4n) is 2.16. The van der Waals surface area contributed by atoms with Gasteiger partial charge in [0.15, 0.2) is 0 Å². The Morgan fingerprint density at radius 1 is 1.30 bits per heavy atom. The molecule has 4 nitrogen and oxygen atoms in total. The van der Waals surface area contributed by atoms with Gasteiger partial charge in [0.05, 0.1) is 5.92 Å². The molecule has 1 aromatic rings. The van der Waals surface area contributed by atoms with Gasteiger partial charge in [0.1, 0.15) is 5.75 Å². The molecule has 112 valence electrons. The zero-order valence-corrected chi connectivity index (χ0v) is 12.6. The Bertz CT molecular complexity index is 421. The number of aromatic hydroxyl groups is 1. The van der Waals surface area contributed by atoms with Gasteiger partial charge in [-0.2, -0.15) is 0 Å². The molecule has 1 aromatic carbocycles. The molecule has 4 N–H and O–H groups in total. The molecule has 1 amide bonds. The monoisotopic (exact) mass is 278 g/mol. The molecule has 1 atom stereocenters. The van der Waals surface area contributed by atoms with E-state index in [1.54, 1.807) is 12.1 Å². The Labute approximate surface area is 121 Å². The van der Waals surface area contributed by atoms with Crippen LogP contribution in [0, 0.1) is 11.3 Å². The van der Waals surface area contributed by atoms with E-state index in [-0.39, 0.29) is 23.0 Å². The van der Waals surface area contributed by atoms with Gasteiger partial charge >= 0.3 is 0 Å². The van der Waals surface area contributed by atoms with E-state index in [1.807, 2.05) is 12.1 Å². The minimum atomic E-state index is -0.130. The summed E-state index contributed by atoms with van der Waals surface area (Å²) in [5, 5.41) is 12.1. The Morgan fingerprint density at radius 3 is 2.40 bits per heavy atom. The summed E-state index contributed by atoms with van der Waals surface area (Å²) >= 11 is 0. The predicted molar refractivity (Wildman–Crippen MR) is 81.4 cm³/mol. The molecule has 0 heterocycles. The van der Waals surface area contributed by atoms with Gasteiger partial charge in [-0.25, -0.2) is 0 Å². The van der Waals surface area contributed by atoms with Crippen molar-refractivity contribution >= 4 is 5.91 Å². The summed E-state index contributed by atoms with van der Waals surface area (Å²) in [5.74, 6) is 0.155. The lowest BCUT2D eigenvalue weighted by molar-refractivity contribution is -0.125. The highest BCUT2D eigenvalue weighted by Crippen LogP contribution is 2.23. The molecule has 20 heavy (non-hydrogen) atoms. The van der Waals surface area contributed by atoms with Gasteiger partial charge in [-0.15, -0.1) is 0 Å². The number of rotatable bonds is 6. The van der Waals surface area contributed by atoms with E-state index >= 15 is 0 Å². The Kier molecular flexibility index (Phi) is 6.02. The second kappa shape index (κ2) is 7.29. The number of nitrogens with one attached hydrogen (secondary N) is 1. The lowest BCUT2D eigenvalue weighted by atomic mass is 9.84. The number of hydrogen-bond donors (Lipinski definition) is 3. The molecule has 0 spiro atoms. The average molecular weight is 278 g/mol. The largest absolute Gasteiger partial charge is 0.508 e. The summed E-state index contributed by atoms with van der Waals surface area (Å²) in [7, 11) is 0. The van der Waals surface area contributed by atoms with Crippen molar-refractivity contribution in [2.75, 3.05) is 13.1 Å². The maximum atomic E-state index is 12.1. The molecule has 0 aliphatic rings. The third kappa shape index (κ3) is 6.06. The van der Waals surface area contributed by atoms with Crippen LogP contribution in [0.5, 0.6) is 5.75 Å². The quantitative estimate of drug-likeness (QED) is 0.745. The van der Waals surface area contributed by atoms with Gasteiger partial charge in [-0.05, 0) is 36.0 Å². The number of carbonyl (C=O) groups excluding carboxylic acids is 1. The summed E-state index contributed by atoms with van der Waals surface area (Å²) in [6, 6.07) is 7.02. The number of benzene rings is 1. The first-order valence-electron chi connectivity index (χ1n) is 7.07. The van der Waals surface area contributed by atoms with E-state index < -0.39 is 0 Å². The molecule has 0 aliphatic heterocycles. The topological polar surface area (TPSA) is 75.4 Å². The van der Waals surface area contributed by atoms with Gasteiger partial charge in [0, 0.05) is 13.1 Å². The van der Waals surface area contributed by atoms with Crippen LogP contribution in [0.15, 0.2) is 24.3 Å². The SMILES string of the molecule is CC(C)(C)CC(CN)C(=O)NCCc1ccc(O)cc1. The third-order valence-corrected chi connectivity index (χ3v) is 3.16. The van der Waals surface area contributed by atoms with Crippen LogP contribution in [-0.4, -0.2) is 24.1 Å². The van der Waals surface area contributed by atoms with Crippen molar-refractivity contribution in [1.82, 2.24) is 5.32 Å². The van der Waals surface area contributed by atoms with Crippen molar-refractivity contribution in [2.24, 2.45) is 17.1 Å². The van der Waals surface area contributed by atoms with Crippen LogP contribution >= 0.6 is 0 Å². The molecule has 0 saturated carbocycles. The van der Waals surface area contributed by atoms with E-state index in [4.69, 9.17) is 5.73 Å². The average Bonchev–Trinajstić information content (AvgIpc) is 2.37. The van der Waals surface area contributed by atoms with Crippen LogP contribution < -0.4 is 11.1 Å². The summed E-state index contributed by atoms with van der Waals surface area (Å²) < 4.78 is 0. The highest BCUT2D eigenvalue weighted by molar-refractivity contribution is 5.78. The Morgan fingerprint density at radius 2 is 1.90 bits per heavy atom. The zero-order valence-electron chi connectivity index (χ0n) is 12.6. The van der Waals surface area contributed by atoms with Crippen molar-refractivity contribution in [3.05, 3.63) is 29.8 Å². The van der Waals surface area contributed by atoms with Crippen molar-refractivity contribution in [3.63, 3.8) is 0 Å². The van der Waals surface area contributed by atoms with E-state index in [9.17, 15) is 9.90 Å². The fraction of sp³-hybridized carbons (Fsp3) is 0.562. The minimum Gasteiger partial charge on any atom is -0.508 e. The maximum absolute atomic E-state index is 12.1. The molecule has 0 radical (unpaired) electrons. The summed E-state index contributed by atoms with van der Waals surface area (Å²) in [4.78, 5) is 12.1. The third-order valence-electron chi connectivity index (χ3n) is 3.16. The summed E-state index contributed by atoms with van der Waals surface area (Å²) in [5.41, 5.74) is 6.87. The maximum Gasteiger partial charge on any atom is 0.224 e. The Hall–Kier alpha value is -1.55. The predicted octanol–water partition coefficient (Wildman–Crippen LogP) is 2.06. The van der Waals surface area contributed by atoms with Crippen molar-refractivity contribution in [2.45, 2.75) is 33.6 Å². The minimum absolute atomic E-state index is 0.0289. The standard InChI is InChI=1S/C16H26N2O2/c1-16(2,3)10-13(11-17)15(20)18-9-8-12-4-6-14(19)7-5-12/h4-7,13,19H,8-11,17H2,1-3H3,(H,18,20). The number of phenolic OH excluding ortho intramolecular Hbond substituents is 1. The van der Waals surface area contributed by atoms with Gasteiger partial charge < -0.3 is 16.2 Å². The molecule has 0 bridgehead atoms. The van der Waals surface area contributed by atoms with Crippen molar-refractivity contribution in [3.8, 4) is 5.75 Å². The molecular formula is C16H26N2O2. The molecule has 0 aliphatic carbocycles. The van der Waals surface area contributed by atoms with Gasteiger partial charge in [-0.3, -0.25) is 4.79 Å². The number of phenols is 1.